The molecule has 0 saturated carbocycles. The van der Waals surface area contributed by atoms with E-state index in [-0.39, 0.29) is 5.91 Å². The molecule has 29 heavy (non-hydrogen) atoms. The molecule has 0 bridgehead atoms. The van der Waals surface area contributed by atoms with Crippen molar-refractivity contribution in [1.82, 2.24) is 4.90 Å². The lowest BCUT2D eigenvalue weighted by Gasteiger charge is -2.26. The Bertz CT molecular complexity index is 919. The molecule has 0 unspecified atom stereocenters. The van der Waals surface area contributed by atoms with Crippen LogP contribution in [0.25, 0.3) is 0 Å². The third-order valence-corrected chi connectivity index (χ3v) is 4.82. The van der Waals surface area contributed by atoms with Crippen molar-refractivity contribution in [1.29, 1.82) is 0 Å². The Kier molecular flexibility index (Phi) is 6.19. The molecule has 0 atom stereocenters. The Morgan fingerprint density at radius 1 is 0.862 bits per heavy atom. The Labute approximate surface area is 170 Å². The third-order valence-electron chi connectivity index (χ3n) is 4.82. The molecular formula is C24H24N2O3. The molecule has 0 aromatic heterocycles. The maximum atomic E-state index is 12.5. The number of carbonyl (C=O) groups is 1. The average Bonchev–Trinajstić information content (AvgIpc) is 2.77. The van der Waals surface area contributed by atoms with Gasteiger partial charge in [0.2, 0.25) is 0 Å². The first-order valence-electron chi connectivity index (χ1n) is 9.80. The third kappa shape index (κ3) is 5.44. The lowest BCUT2D eigenvalue weighted by atomic mass is 10.1. The van der Waals surface area contributed by atoms with Gasteiger partial charge in [0.25, 0.3) is 5.91 Å². The second kappa shape index (κ2) is 9.37. The summed E-state index contributed by atoms with van der Waals surface area (Å²) in [6.45, 7) is 4.36. The molecule has 1 heterocycles. The van der Waals surface area contributed by atoms with Crippen molar-refractivity contribution in [3.8, 4) is 11.5 Å². The molecule has 0 spiro atoms. The van der Waals surface area contributed by atoms with E-state index in [0.717, 1.165) is 50.0 Å². The zero-order valence-corrected chi connectivity index (χ0v) is 16.2. The number of rotatable bonds is 6. The number of benzene rings is 3. The highest BCUT2D eigenvalue weighted by Gasteiger charge is 2.11. The summed E-state index contributed by atoms with van der Waals surface area (Å²) in [6.07, 6.45) is 0. The minimum absolute atomic E-state index is 0.125. The number of anilines is 1. The van der Waals surface area contributed by atoms with Crippen LogP contribution >= 0.6 is 0 Å². The highest BCUT2D eigenvalue weighted by Crippen LogP contribution is 2.23. The lowest BCUT2D eigenvalue weighted by Crippen LogP contribution is -2.35. The van der Waals surface area contributed by atoms with Gasteiger partial charge in [-0.2, -0.15) is 0 Å². The normalized spacial score (nSPS) is 14.3. The van der Waals surface area contributed by atoms with Gasteiger partial charge in [0.1, 0.15) is 11.5 Å². The number of para-hydroxylation sites is 1. The van der Waals surface area contributed by atoms with Crippen LogP contribution in [0, 0.1) is 0 Å². The molecule has 1 amide bonds. The maximum absolute atomic E-state index is 12.5. The summed E-state index contributed by atoms with van der Waals surface area (Å²) in [5, 5.41) is 2.93. The van der Waals surface area contributed by atoms with E-state index in [9.17, 15) is 4.79 Å². The number of amides is 1. The molecule has 1 saturated heterocycles. The first-order valence-corrected chi connectivity index (χ1v) is 9.80. The quantitative estimate of drug-likeness (QED) is 0.672. The Morgan fingerprint density at radius 2 is 1.52 bits per heavy atom. The average molecular weight is 388 g/mol. The van der Waals surface area contributed by atoms with Crippen molar-refractivity contribution in [2.24, 2.45) is 0 Å². The zero-order chi connectivity index (χ0) is 19.9. The number of hydrogen-bond donors (Lipinski definition) is 1. The van der Waals surface area contributed by atoms with Crippen LogP contribution in [0.5, 0.6) is 11.5 Å². The molecule has 1 N–H and O–H groups in total. The number of hydrogen-bond acceptors (Lipinski definition) is 4. The van der Waals surface area contributed by atoms with E-state index in [4.69, 9.17) is 9.47 Å². The molecule has 148 valence electrons. The van der Waals surface area contributed by atoms with Crippen LogP contribution in [0.1, 0.15) is 15.9 Å². The molecule has 1 fully saturated rings. The van der Waals surface area contributed by atoms with Crippen LogP contribution in [0.4, 0.5) is 5.69 Å². The van der Waals surface area contributed by atoms with Gasteiger partial charge in [0.05, 0.1) is 13.2 Å². The van der Waals surface area contributed by atoms with Gasteiger partial charge in [-0.05, 0) is 54.1 Å². The van der Waals surface area contributed by atoms with Gasteiger partial charge in [-0.15, -0.1) is 0 Å². The number of carbonyl (C=O) groups excluding carboxylic acids is 1. The predicted molar refractivity (Wildman–Crippen MR) is 113 cm³/mol. The van der Waals surface area contributed by atoms with Crippen molar-refractivity contribution in [3.05, 3.63) is 90.0 Å². The number of morpholine rings is 1. The van der Waals surface area contributed by atoms with E-state index in [2.05, 4.69) is 10.2 Å². The molecule has 0 aliphatic carbocycles. The standard InChI is InChI=1S/C24H24N2O3/c27-24(20-8-6-19(7-9-20)18-26-14-16-28-17-15-26)25-21-10-12-23(13-11-21)29-22-4-2-1-3-5-22/h1-13H,14-18H2,(H,25,27). The molecule has 4 rings (SSSR count). The molecule has 3 aromatic rings. The highest BCUT2D eigenvalue weighted by molar-refractivity contribution is 6.04. The van der Waals surface area contributed by atoms with E-state index >= 15 is 0 Å². The van der Waals surface area contributed by atoms with E-state index in [1.807, 2.05) is 78.9 Å². The minimum Gasteiger partial charge on any atom is -0.457 e. The van der Waals surface area contributed by atoms with Gasteiger partial charge in [-0.1, -0.05) is 30.3 Å². The van der Waals surface area contributed by atoms with E-state index < -0.39 is 0 Å². The van der Waals surface area contributed by atoms with Crippen LogP contribution < -0.4 is 10.1 Å². The van der Waals surface area contributed by atoms with Crippen LogP contribution in [0.15, 0.2) is 78.9 Å². The number of ether oxygens (including phenoxy) is 2. The summed E-state index contributed by atoms with van der Waals surface area (Å²) >= 11 is 0. The van der Waals surface area contributed by atoms with Gasteiger partial charge < -0.3 is 14.8 Å². The topological polar surface area (TPSA) is 50.8 Å². The van der Waals surface area contributed by atoms with Crippen molar-refractivity contribution in [2.75, 3.05) is 31.6 Å². The zero-order valence-electron chi connectivity index (χ0n) is 16.2. The summed E-state index contributed by atoms with van der Waals surface area (Å²) in [4.78, 5) is 14.9. The fraction of sp³-hybridized carbons (Fsp3) is 0.208. The van der Waals surface area contributed by atoms with Gasteiger partial charge in [-0.25, -0.2) is 0 Å². The molecule has 0 radical (unpaired) electrons. The Balaban J connectivity index is 1.32. The Hall–Kier alpha value is -3.15. The largest absolute Gasteiger partial charge is 0.457 e. The molecule has 1 aliphatic rings. The van der Waals surface area contributed by atoms with Gasteiger partial charge in [0, 0.05) is 30.9 Å². The predicted octanol–water partition coefficient (Wildman–Crippen LogP) is 4.56. The lowest BCUT2D eigenvalue weighted by molar-refractivity contribution is 0.0342. The second-order valence-electron chi connectivity index (χ2n) is 6.98. The van der Waals surface area contributed by atoms with Gasteiger partial charge in [-0.3, -0.25) is 9.69 Å². The number of nitrogens with zero attached hydrogens (tertiary/aromatic N) is 1. The monoisotopic (exact) mass is 388 g/mol. The van der Waals surface area contributed by atoms with Crippen molar-refractivity contribution < 1.29 is 14.3 Å². The van der Waals surface area contributed by atoms with Gasteiger partial charge >= 0.3 is 0 Å². The molecule has 3 aromatic carbocycles. The van der Waals surface area contributed by atoms with Crippen LogP contribution in [-0.4, -0.2) is 37.1 Å². The second-order valence-corrected chi connectivity index (χ2v) is 6.98. The summed E-state index contributed by atoms with van der Waals surface area (Å²) in [6, 6.07) is 24.7. The summed E-state index contributed by atoms with van der Waals surface area (Å²) in [5.74, 6) is 1.38. The first-order chi connectivity index (χ1) is 14.3. The maximum Gasteiger partial charge on any atom is 0.255 e. The van der Waals surface area contributed by atoms with Crippen LogP contribution in [0.2, 0.25) is 0 Å². The molecular weight excluding hydrogens is 364 g/mol. The minimum atomic E-state index is -0.125. The molecule has 5 heteroatoms. The Morgan fingerprint density at radius 3 is 2.21 bits per heavy atom. The molecule has 5 nitrogen and oxygen atoms in total. The van der Waals surface area contributed by atoms with E-state index in [1.165, 1.54) is 5.56 Å². The van der Waals surface area contributed by atoms with Crippen LogP contribution in [-0.2, 0) is 11.3 Å². The smallest absolute Gasteiger partial charge is 0.255 e. The fourth-order valence-electron chi connectivity index (χ4n) is 3.21. The van der Waals surface area contributed by atoms with Crippen molar-refractivity contribution in [3.63, 3.8) is 0 Å². The summed E-state index contributed by atoms with van der Waals surface area (Å²) in [7, 11) is 0. The number of nitrogens with one attached hydrogen (secondary N) is 1. The van der Waals surface area contributed by atoms with E-state index in [0.29, 0.717) is 5.56 Å². The molecule has 1 aliphatic heterocycles. The SMILES string of the molecule is O=C(Nc1ccc(Oc2ccccc2)cc1)c1ccc(CN2CCOCC2)cc1. The van der Waals surface area contributed by atoms with Gasteiger partial charge in [0.15, 0.2) is 0 Å². The van der Waals surface area contributed by atoms with Crippen molar-refractivity contribution >= 4 is 11.6 Å². The first kappa shape index (κ1) is 19.2. The summed E-state index contributed by atoms with van der Waals surface area (Å²) < 4.78 is 11.2. The van der Waals surface area contributed by atoms with Crippen molar-refractivity contribution in [2.45, 2.75) is 6.54 Å². The fourth-order valence-corrected chi connectivity index (χ4v) is 3.21. The van der Waals surface area contributed by atoms with Crippen LogP contribution in [0.3, 0.4) is 0 Å². The highest BCUT2D eigenvalue weighted by atomic mass is 16.5. The summed E-state index contributed by atoms with van der Waals surface area (Å²) in [5.41, 5.74) is 2.57. The van der Waals surface area contributed by atoms with E-state index in [1.54, 1.807) is 0 Å².